The van der Waals surface area contributed by atoms with Gasteiger partial charge < -0.3 is 15.0 Å². The van der Waals surface area contributed by atoms with Gasteiger partial charge in [-0.25, -0.2) is 0 Å². The molecule has 0 unspecified atom stereocenters. The highest BCUT2D eigenvalue weighted by atomic mass is 35.5. The summed E-state index contributed by atoms with van der Waals surface area (Å²) in [5.41, 5.74) is 0.693. The smallest absolute Gasteiger partial charge is 0.231 e. The summed E-state index contributed by atoms with van der Waals surface area (Å²) in [7, 11) is 3.52. The third kappa shape index (κ3) is 3.96. The van der Waals surface area contributed by atoms with Gasteiger partial charge in [-0.15, -0.1) is 0 Å². The summed E-state index contributed by atoms with van der Waals surface area (Å²) in [6.45, 7) is 2.81. The van der Waals surface area contributed by atoms with Gasteiger partial charge in [0.25, 0.3) is 0 Å². The summed E-state index contributed by atoms with van der Waals surface area (Å²) < 4.78 is 5.33. The first-order valence-electron chi connectivity index (χ1n) is 7.27. The molecule has 4 nitrogen and oxygen atoms in total. The minimum absolute atomic E-state index is 0.167. The maximum absolute atomic E-state index is 12.9. The van der Waals surface area contributed by atoms with Gasteiger partial charge in [-0.05, 0) is 43.6 Å². The second kappa shape index (κ2) is 7.25. The summed E-state index contributed by atoms with van der Waals surface area (Å²) in [6, 6.07) is 7.62. The summed E-state index contributed by atoms with van der Waals surface area (Å²) in [5.74, 6) is 0.167. The molecule has 21 heavy (non-hydrogen) atoms. The van der Waals surface area contributed by atoms with E-state index in [1.165, 1.54) is 0 Å². The van der Waals surface area contributed by atoms with Gasteiger partial charge in [0.15, 0.2) is 0 Å². The van der Waals surface area contributed by atoms with E-state index in [0.717, 1.165) is 31.5 Å². The second-order valence-corrected chi connectivity index (χ2v) is 6.19. The summed E-state index contributed by atoms with van der Waals surface area (Å²) >= 11 is 5.89. The number of methoxy groups -OCH3 is 1. The minimum atomic E-state index is -0.388. The molecule has 5 heteroatoms. The molecule has 1 N–H and O–H groups in total. The Morgan fingerprint density at radius 1 is 1.33 bits per heavy atom. The van der Waals surface area contributed by atoms with Gasteiger partial charge in [0.2, 0.25) is 5.91 Å². The van der Waals surface area contributed by atoms with Crippen molar-refractivity contribution in [2.24, 2.45) is 5.41 Å². The normalized spacial score (nSPS) is 17.5. The van der Waals surface area contributed by atoms with Crippen LogP contribution in [0.5, 0.6) is 0 Å². The number of nitrogens with zero attached hydrogens (tertiary/aromatic N) is 1. The van der Waals surface area contributed by atoms with E-state index in [1.807, 2.05) is 31.3 Å². The molecule has 1 aromatic rings. The van der Waals surface area contributed by atoms with E-state index in [2.05, 4.69) is 5.32 Å². The average Bonchev–Trinajstić information content (AvgIpc) is 2.50. The first-order chi connectivity index (χ1) is 10.1. The van der Waals surface area contributed by atoms with E-state index in [4.69, 9.17) is 16.3 Å². The maximum atomic E-state index is 12.9. The van der Waals surface area contributed by atoms with Gasteiger partial charge in [-0.1, -0.05) is 23.7 Å². The van der Waals surface area contributed by atoms with Crippen LogP contribution in [0.1, 0.15) is 18.4 Å². The quantitative estimate of drug-likeness (QED) is 0.907. The maximum Gasteiger partial charge on any atom is 0.231 e. The van der Waals surface area contributed by atoms with Gasteiger partial charge in [-0.3, -0.25) is 4.79 Å². The Morgan fingerprint density at radius 2 is 1.95 bits per heavy atom. The zero-order valence-corrected chi connectivity index (χ0v) is 13.4. The van der Waals surface area contributed by atoms with E-state index >= 15 is 0 Å². The Morgan fingerprint density at radius 3 is 2.52 bits per heavy atom. The van der Waals surface area contributed by atoms with Crippen molar-refractivity contribution in [1.82, 2.24) is 10.2 Å². The molecule has 0 radical (unpaired) electrons. The largest absolute Gasteiger partial charge is 0.384 e. The fourth-order valence-electron chi connectivity index (χ4n) is 2.94. The van der Waals surface area contributed by atoms with Crippen LogP contribution in [0.25, 0.3) is 0 Å². The van der Waals surface area contributed by atoms with Crippen molar-refractivity contribution in [3.63, 3.8) is 0 Å². The van der Waals surface area contributed by atoms with E-state index in [1.54, 1.807) is 12.0 Å². The molecule has 0 spiro atoms. The van der Waals surface area contributed by atoms with Gasteiger partial charge in [0, 0.05) is 25.7 Å². The molecule has 1 aliphatic rings. The molecule has 2 rings (SSSR count). The molecule has 0 aromatic heterocycles. The number of piperidine rings is 1. The monoisotopic (exact) mass is 310 g/mol. The molecule has 1 heterocycles. The molecule has 116 valence electrons. The van der Waals surface area contributed by atoms with Crippen LogP contribution >= 0.6 is 11.6 Å². The number of carbonyl (C=O) groups excluding carboxylic acids is 1. The number of hydrogen-bond donors (Lipinski definition) is 1. The van der Waals surface area contributed by atoms with Gasteiger partial charge in [-0.2, -0.15) is 0 Å². The van der Waals surface area contributed by atoms with Crippen LogP contribution in [0.4, 0.5) is 0 Å². The lowest BCUT2D eigenvalue weighted by Crippen LogP contribution is -2.50. The highest BCUT2D eigenvalue weighted by Gasteiger charge is 2.41. The van der Waals surface area contributed by atoms with Crippen LogP contribution in [0.15, 0.2) is 24.3 Å². The molecule has 1 saturated heterocycles. The van der Waals surface area contributed by atoms with Crippen molar-refractivity contribution in [2.45, 2.75) is 19.4 Å². The average molecular weight is 311 g/mol. The fraction of sp³-hybridized carbons (Fsp3) is 0.562. The fourth-order valence-corrected chi connectivity index (χ4v) is 3.07. The number of amides is 1. The van der Waals surface area contributed by atoms with Crippen LogP contribution in [0, 0.1) is 5.41 Å². The predicted molar refractivity (Wildman–Crippen MR) is 84.3 cm³/mol. The number of ether oxygens (including phenoxy) is 1. The summed E-state index contributed by atoms with van der Waals surface area (Å²) in [4.78, 5) is 14.7. The van der Waals surface area contributed by atoms with Crippen molar-refractivity contribution in [2.75, 3.05) is 33.9 Å². The molecular formula is C16H23ClN2O2. The van der Waals surface area contributed by atoms with Crippen molar-refractivity contribution in [3.05, 3.63) is 34.9 Å². The Balaban J connectivity index is 2.07. The standard InChI is InChI=1S/C16H23ClN2O2/c1-19(11-13-3-5-14(17)6-4-13)15(20)16(12-21-2)7-9-18-10-8-16/h3-6,18H,7-12H2,1-2H3. The van der Waals surface area contributed by atoms with Gasteiger partial charge in [0.1, 0.15) is 0 Å². The van der Waals surface area contributed by atoms with Crippen molar-refractivity contribution >= 4 is 17.5 Å². The lowest BCUT2D eigenvalue weighted by atomic mass is 9.78. The molecule has 0 atom stereocenters. The summed E-state index contributed by atoms with van der Waals surface area (Å²) in [6.07, 6.45) is 1.65. The van der Waals surface area contributed by atoms with Crippen LogP contribution < -0.4 is 5.32 Å². The third-order valence-electron chi connectivity index (χ3n) is 4.11. The van der Waals surface area contributed by atoms with Crippen molar-refractivity contribution in [3.8, 4) is 0 Å². The Bertz CT molecular complexity index is 464. The zero-order chi connectivity index (χ0) is 15.3. The van der Waals surface area contributed by atoms with Gasteiger partial charge >= 0.3 is 0 Å². The minimum Gasteiger partial charge on any atom is -0.384 e. The van der Waals surface area contributed by atoms with Crippen LogP contribution in [0.2, 0.25) is 5.02 Å². The topological polar surface area (TPSA) is 41.6 Å². The third-order valence-corrected chi connectivity index (χ3v) is 4.37. The first kappa shape index (κ1) is 16.3. The molecular weight excluding hydrogens is 288 g/mol. The van der Waals surface area contributed by atoms with Gasteiger partial charge in [0.05, 0.1) is 12.0 Å². The predicted octanol–water partition coefficient (Wildman–Crippen LogP) is 2.31. The number of benzene rings is 1. The number of carbonyl (C=O) groups is 1. The zero-order valence-electron chi connectivity index (χ0n) is 12.7. The Hall–Kier alpha value is -1.10. The number of halogens is 1. The van der Waals surface area contributed by atoms with E-state index in [9.17, 15) is 4.79 Å². The molecule has 1 aliphatic heterocycles. The molecule has 1 aromatic carbocycles. The molecule has 1 fully saturated rings. The summed E-state index contributed by atoms with van der Waals surface area (Å²) in [5, 5.41) is 4.02. The lowest BCUT2D eigenvalue weighted by molar-refractivity contribution is -0.146. The second-order valence-electron chi connectivity index (χ2n) is 5.75. The Kier molecular flexibility index (Phi) is 5.62. The van der Waals surface area contributed by atoms with E-state index in [0.29, 0.717) is 18.2 Å². The SMILES string of the molecule is COCC1(C(=O)N(C)Cc2ccc(Cl)cc2)CCNCC1. The molecule has 0 saturated carbocycles. The Labute approximate surface area is 131 Å². The number of hydrogen-bond acceptors (Lipinski definition) is 3. The van der Waals surface area contributed by atoms with Crippen molar-refractivity contribution < 1.29 is 9.53 Å². The van der Waals surface area contributed by atoms with Crippen LogP contribution in [0.3, 0.4) is 0 Å². The highest BCUT2D eigenvalue weighted by Crippen LogP contribution is 2.31. The van der Waals surface area contributed by atoms with E-state index < -0.39 is 0 Å². The molecule has 1 amide bonds. The molecule has 0 aliphatic carbocycles. The molecule has 0 bridgehead atoms. The van der Waals surface area contributed by atoms with E-state index in [-0.39, 0.29) is 11.3 Å². The number of rotatable bonds is 5. The highest BCUT2D eigenvalue weighted by molar-refractivity contribution is 6.30. The lowest BCUT2D eigenvalue weighted by Gasteiger charge is -2.38. The van der Waals surface area contributed by atoms with Crippen molar-refractivity contribution in [1.29, 1.82) is 0 Å². The first-order valence-corrected chi connectivity index (χ1v) is 7.65. The van der Waals surface area contributed by atoms with Crippen LogP contribution in [-0.4, -0.2) is 44.7 Å². The number of nitrogens with one attached hydrogen (secondary N) is 1. The van der Waals surface area contributed by atoms with Crippen LogP contribution in [-0.2, 0) is 16.1 Å².